The van der Waals surface area contributed by atoms with E-state index in [0.29, 0.717) is 21.4 Å². The molecular weight excluding hydrogens is 327 g/mol. The number of halogens is 2. The lowest BCUT2D eigenvalue weighted by atomic mass is 10.2. The first-order chi connectivity index (χ1) is 9.97. The fourth-order valence-electron chi connectivity index (χ4n) is 1.69. The molecule has 0 aliphatic heterocycles. The molecule has 0 bridgehead atoms. The van der Waals surface area contributed by atoms with Crippen LogP contribution in [0.4, 0.5) is 11.4 Å². The van der Waals surface area contributed by atoms with Gasteiger partial charge in [-0.2, -0.15) is 0 Å². The van der Waals surface area contributed by atoms with Crippen molar-refractivity contribution in [3.8, 4) is 0 Å². The van der Waals surface area contributed by atoms with Crippen LogP contribution in [0.15, 0.2) is 47.4 Å². The molecule has 0 spiro atoms. The summed E-state index contributed by atoms with van der Waals surface area (Å²) in [6.07, 6.45) is 0. The highest BCUT2D eigenvalue weighted by molar-refractivity contribution is 8.00. The molecule has 1 unspecified atom stereocenters. The van der Waals surface area contributed by atoms with Gasteiger partial charge in [0.1, 0.15) is 0 Å². The first-order valence-corrected chi connectivity index (χ1v) is 7.88. The molecule has 0 aliphatic carbocycles. The van der Waals surface area contributed by atoms with Crippen LogP contribution in [0.3, 0.4) is 0 Å². The van der Waals surface area contributed by atoms with E-state index in [4.69, 9.17) is 28.9 Å². The molecule has 0 fully saturated rings. The van der Waals surface area contributed by atoms with E-state index in [1.165, 1.54) is 11.8 Å². The van der Waals surface area contributed by atoms with Crippen LogP contribution in [0.1, 0.15) is 6.92 Å². The van der Waals surface area contributed by atoms with Crippen LogP contribution in [0.2, 0.25) is 10.0 Å². The summed E-state index contributed by atoms with van der Waals surface area (Å²) >= 11 is 13.6. The number of nitrogen functional groups attached to an aromatic ring is 1. The zero-order valence-electron chi connectivity index (χ0n) is 11.3. The standard InChI is InChI=1S/C15H14Cl2N2OS/c1-9(21-11-5-3-2-4-6-11)15(20)19-14-12(16)7-10(18)8-13(14)17/h2-9H,18H2,1H3,(H,19,20). The third-order valence-electron chi connectivity index (χ3n) is 2.74. The second-order valence-electron chi connectivity index (χ2n) is 4.42. The molecule has 2 aromatic rings. The Hall–Kier alpha value is -1.36. The van der Waals surface area contributed by atoms with Gasteiger partial charge in [-0.25, -0.2) is 0 Å². The maximum atomic E-state index is 12.2. The third-order valence-corrected chi connectivity index (χ3v) is 4.45. The Bertz CT molecular complexity index is 626. The van der Waals surface area contributed by atoms with Crippen LogP contribution < -0.4 is 11.1 Å². The Morgan fingerprint density at radius 3 is 2.33 bits per heavy atom. The second kappa shape index (κ2) is 7.07. The second-order valence-corrected chi connectivity index (χ2v) is 6.65. The highest BCUT2D eigenvalue weighted by atomic mass is 35.5. The predicted molar refractivity (Wildman–Crippen MR) is 91.3 cm³/mol. The van der Waals surface area contributed by atoms with Gasteiger partial charge in [0.25, 0.3) is 0 Å². The molecule has 0 aliphatic rings. The monoisotopic (exact) mass is 340 g/mol. The molecule has 0 saturated heterocycles. The summed E-state index contributed by atoms with van der Waals surface area (Å²) in [5, 5.41) is 3.11. The van der Waals surface area contributed by atoms with Gasteiger partial charge in [-0.3, -0.25) is 4.79 Å². The Balaban J connectivity index is 2.08. The van der Waals surface area contributed by atoms with Crippen molar-refractivity contribution in [2.45, 2.75) is 17.1 Å². The summed E-state index contributed by atoms with van der Waals surface area (Å²) in [5.74, 6) is -0.169. The minimum atomic E-state index is -0.280. The van der Waals surface area contributed by atoms with E-state index in [9.17, 15) is 4.79 Å². The molecule has 110 valence electrons. The summed E-state index contributed by atoms with van der Waals surface area (Å²) < 4.78 is 0. The number of carbonyl (C=O) groups is 1. The average Bonchev–Trinajstić information content (AvgIpc) is 2.43. The van der Waals surface area contributed by atoms with Crippen molar-refractivity contribution in [2.24, 2.45) is 0 Å². The number of nitrogens with two attached hydrogens (primary N) is 1. The zero-order valence-corrected chi connectivity index (χ0v) is 13.6. The molecule has 0 radical (unpaired) electrons. The van der Waals surface area contributed by atoms with E-state index in [1.54, 1.807) is 12.1 Å². The molecule has 1 atom stereocenters. The Kier molecular flexibility index (Phi) is 5.39. The third kappa shape index (κ3) is 4.30. The molecule has 3 N–H and O–H groups in total. The first-order valence-electron chi connectivity index (χ1n) is 6.24. The smallest absolute Gasteiger partial charge is 0.237 e. The number of thioether (sulfide) groups is 1. The molecular formula is C15H14Cl2N2OS. The lowest BCUT2D eigenvalue weighted by Crippen LogP contribution is -2.22. The molecule has 2 aromatic carbocycles. The Labute approximate surface area is 137 Å². The lowest BCUT2D eigenvalue weighted by Gasteiger charge is -2.14. The van der Waals surface area contributed by atoms with Gasteiger partial charge in [0.2, 0.25) is 5.91 Å². The Morgan fingerprint density at radius 1 is 1.19 bits per heavy atom. The van der Waals surface area contributed by atoms with Crippen molar-refractivity contribution in [3.63, 3.8) is 0 Å². The molecule has 0 heterocycles. The van der Waals surface area contributed by atoms with Gasteiger partial charge in [0, 0.05) is 10.6 Å². The quantitative estimate of drug-likeness (QED) is 0.626. The van der Waals surface area contributed by atoms with Crippen molar-refractivity contribution in [1.82, 2.24) is 0 Å². The van der Waals surface area contributed by atoms with Crippen LogP contribution in [0, 0.1) is 0 Å². The van der Waals surface area contributed by atoms with E-state index < -0.39 is 0 Å². The molecule has 6 heteroatoms. The number of rotatable bonds is 4. The molecule has 2 rings (SSSR count). The molecule has 0 aromatic heterocycles. The van der Waals surface area contributed by atoms with Crippen molar-refractivity contribution in [2.75, 3.05) is 11.1 Å². The molecule has 0 saturated carbocycles. The van der Waals surface area contributed by atoms with Gasteiger partial charge >= 0.3 is 0 Å². The summed E-state index contributed by atoms with van der Waals surface area (Å²) in [4.78, 5) is 13.2. The maximum absolute atomic E-state index is 12.2. The number of hydrogen-bond acceptors (Lipinski definition) is 3. The van der Waals surface area contributed by atoms with E-state index in [0.717, 1.165) is 4.90 Å². The average molecular weight is 341 g/mol. The number of carbonyl (C=O) groups excluding carboxylic acids is 1. The van der Waals surface area contributed by atoms with Crippen molar-refractivity contribution >= 4 is 52.2 Å². The number of amides is 1. The highest BCUT2D eigenvalue weighted by Gasteiger charge is 2.17. The van der Waals surface area contributed by atoms with Crippen LogP contribution in [-0.4, -0.2) is 11.2 Å². The van der Waals surface area contributed by atoms with Crippen LogP contribution in [-0.2, 0) is 4.79 Å². The zero-order chi connectivity index (χ0) is 15.4. The number of anilines is 2. The summed E-state index contributed by atoms with van der Waals surface area (Å²) in [5.41, 5.74) is 6.48. The normalized spacial score (nSPS) is 12.0. The van der Waals surface area contributed by atoms with Crippen LogP contribution >= 0.6 is 35.0 Å². The summed E-state index contributed by atoms with van der Waals surface area (Å²) in [6, 6.07) is 12.8. The van der Waals surface area contributed by atoms with E-state index in [2.05, 4.69) is 5.32 Å². The Morgan fingerprint density at radius 2 is 1.76 bits per heavy atom. The summed E-state index contributed by atoms with van der Waals surface area (Å²) in [6.45, 7) is 1.83. The van der Waals surface area contributed by atoms with E-state index in [1.807, 2.05) is 37.3 Å². The van der Waals surface area contributed by atoms with Gasteiger partial charge in [0.15, 0.2) is 0 Å². The van der Waals surface area contributed by atoms with Gasteiger partial charge < -0.3 is 11.1 Å². The van der Waals surface area contributed by atoms with E-state index >= 15 is 0 Å². The van der Waals surface area contributed by atoms with Gasteiger partial charge in [-0.1, -0.05) is 41.4 Å². The largest absolute Gasteiger partial charge is 0.399 e. The number of benzene rings is 2. The first kappa shape index (κ1) is 16.0. The van der Waals surface area contributed by atoms with Crippen LogP contribution in [0.5, 0.6) is 0 Å². The minimum Gasteiger partial charge on any atom is -0.399 e. The molecule has 3 nitrogen and oxygen atoms in total. The van der Waals surface area contributed by atoms with E-state index in [-0.39, 0.29) is 11.2 Å². The minimum absolute atomic E-state index is 0.169. The van der Waals surface area contributed by atoms with Crippen molar-refractivity contribution < 1.29 is 4.79 Å². The fourth-order valence-corrected chi connectivity index (χ4v) is 3.18. The number of hydrogen-bond donors (Lipinski definition) is 2. The predicted octanol–water partition coefficient (Wildman–Crippen LogP) is 4.69. The SMILES string of the molecule is CC(Sc1ccccc1)C(=O)Nc1c(Cl)cc(N)cc1Cl. The van der Waals surface area contributed by atoms with Gasteiger partial charge in [-0.15, -0.1) is 11.8 Å². The lowest BCUT2D eigenvalue weighted by molar-refractivity contribution is -0.115. The fraction of sp³-hybridized carbons (Fsp3) is 0.133. The van der Waals surface area contributed by atoms with Crippen molar-refractivity contribution in [3.05, 3.63) is 52.5 Å². The van der Waals surface area contributed by atoms with Gasteiger partial charge in [0.05, 0.1) is 21.0 Å². The topological polar surface area (TPSA) is 55.1 Å². The molecule has 21 heavy (non-hydrogen) atoms. The molecule has 1 amide bonds. The highest BCUT2D eigenvalue weighted by Crippen LogP contribution is 2.33. The maximum Gasteiger partial charge on any atom is 0.237 e. The van der Waals surface area contributed by atoms with Crippen LogP contribution in [0.25, 0.3) is 0 Å². The number of nitrogens with one attached hydrogen (secondary N) is 1. The van der Waals surface area contributed by atoms with Crippen molar-refractivity contribution in [1.29, 1.82) is 0 Å². The summed E-state index contributed by atoms with van der Waals surface area (Å²) in [7, 11) is 0. The van der Waals surface area contributed by atoms with Gasteiger partial charge in [-0.05, 0) is 31.2 Å².